The first-order valence-corrected chi connectivity index (χ1v) is 11.5. The molecule has 174 valence electrons. The molecule has 1 saturated heterocycles. The van der Waals surface area contributed by atoms with Gasteiger partial charge in [0.05, 0.1) is 79.2 Å². The number of hydrogen-bond donors (Lipinski definition) is 0. The third-order valence-corrected chi connectivity index (χ3v) is 5.00. The summed E-state index contributed by atoms with van der Waals surface area (Å²) in [4.78, 5) is 2.42. The van der Waals surface area contributed by atoms with Crippen LogP contribution >= 0.6 is 0 Å². The van der Waals surface area contributed by atoms with Crippen LogP contribution in [-0.4, -0.2) is 95.2 Å². The van der Waals surface area contributed by atoms with Crippen LogP contribution in [0.3, 0.4) is 0 Å². The van der Waals surface area contributed by atoms with Crippen molar-refractivity contribution < 1.29 is 28.3 Å². The Morgan fingerprint density at radius 3 is 1.77 bits per heavy atom. The van der Waals surface area contributed by atoms with Gasteiger partial charge in [-0.05, 0) is 12.8 Å². The van der Waals surface area contributed by atoms with Crippen molar-refractivity contribution in [1.82, 2.24) is 9.47 Å². The second-order valence-corrected chi connectivity index (χ2v) is 7.50. The van der Waals surface area contributed by atoms with Gasteiger partial charge < -0.3 is 23.7 Å². The Morgan fingerprint density at radius 2 is 1.23 bits per heavy atom. The number of unbranched alkanes of at least 4 members (excludes halogenated alkanes) is 1. The zero-order valence-electron chi connectivity index (χ0n) is 18.8. The van der Waals surface area contributed by atoms with Gasteiger partial charge in [0.1, 0.15) is 12.4 Å². The van der Waals surface area contributed by atoms with Gasteiger partial charge in [-0.2, -0.15) is 0 Å². The normalized spacial score (nSPS) is 19.9. The molecule has 0 N–H and O–H groups in total. The van der Waals surface area contributed by atoms with Crippen LogP contribution in [0, 0.1) is 0 Å². The molecule has 0 aromatic carbocycles. The minimum absolute atomic E-state index is 0.591. The van der Waals surface area contributed by atoms with Crippen molar-refractivity contribution in [1.29, 1.82) is 0 Å². The number of aromatic nitrogens is 2. The fourth-order valence-electron chi connectivity index (χ4n) is 3.23. The molecule has 0 aliphatic carbocycles. The maximum atomic E-state index is 5.74. The quantitative estimate of drug-likeness (QED) is 0.612. The van der Waals surface area contributed by atoms with Crippen molar-refractivity contribution in [2.45, 2.75) is 39.3 Å². The predicted molar refractivity (Wildman–Crippen MR) is 115 cm³/mol. The molecule has 1 aliphatic rings. The molecule has 8 heteroatoms. The molecule has 1 aromatic rings. The van der Waals surface area contributed by atoms with Gasteiger partial charge in [0.25, 0.3) is 0 Å². The predicted octanol–water partition coefficient (Wildman–Crippen LogP) is 1.36. The number of ether oxygens (including phenoxy) is 5. The molecule has 0 saturated carbocycles. The van der Waals surface area contributed by atoms with Gasteiger partial charge in [-0.15, -0.1) is 0 Å². The Kier molecular flexibility index (Phi) is 14.8. The highest BCUT2D eigenvalue weighted by molar-refractivity contribution is 4.66. The van der Waals surface area contributed by atoms with Crippen LogP contribution in [-0.2, 0) is 36.8 Å². The van der Waals surface area contributed by atoms with Crippen molar-refractivity contribution >= 4 is 0 Å². The highest BCUT2D eigenvalue weighted by Gasteiger charge is 2.08. The lowest BCUT2D eigenvalue weighted by Gasteiger charge is -2.22. The Hall–Kier alpha value is -1.03. The molecule has 0 atom stereocenters. The van der Waals surface area contributed by atoms with Crippen LogP contribution < -0.4 is 4.57 Å². The minimum Gasteiger partial charge on any atom is -0.378 e. The van der Waals surface area contributed by atoms with Crippen molar-refractivity contribution in [2.75, 3.05) is 85.7 Å². The standard InChI is InChI=1S/C22H42N3O5/c1-2-3-5-24-8-9-25(22-24)7-4-6-23-10-12-26-14-16-28-18-20-30-21-19-29-17-15-27-13-11-23/h8-9,22H,2-7,10-21H2,1H3/q+1. The monoisotopic (exact) mass is 428 g/mol. The maximum absolute atomic E-state index is 5.74. The highest BCUT2D eigenvalue weighted by atomic mass is 16.6. The fourth-order valence-corrected chi connectivity index (χ4v) is 3.23. The van der Waals surface area contributed by atoms with Gasteiger partial charge in [0.15, 0.2) is 0 Å². The second-order valence-electron chi connectivity index (χ2n) is 7.50. The van der Waals surface area contributed by atoms with Crippen molar-refractivity contribution in [2.24, 2.45) is 0 Å². The third kappa shape index (κ3) is 12.6. The maximum Gasteiger partial charge on any atom is 0.243 e. The van der Waals surface area contributed by atoms with Crippen LogP contribution in [0.5, 0.6) is 0 Å². The lowest BCUT2D eigenvalue weighted by Crippen LogP contribution is -2.37. The first kappa shape index (κ1) is 25.2. The van der Waals surface area contributed by atoms with Gasteiger partial charge in [-0.3, -0.25) is 4.90 Å². The second kappa shape index (κ2) is 17.6. The summed E-state index contributed by atoms with van der Waals surface area (Å²) in [5, 5.41) is 0. The molecule has 1 aromatic heterocycles. The van der Waals surface area contributed by atoms with E-state index in [-0.39, 0.29) is 0 Å². The molecule has 1 fully saturated rings. The third-order valence-electron chi connectivity index (χ3n) is 5.00. The number of imidazole rings is 1. The summed E-state index contributed by atoms with van der Waals surface area (Å²) in [5.41, 5.74) is 0. The summed E-state index contributed by atoms with van der Waals surface area (Å²) in [6.07, 6.45) is 10.1. The average molecular weight is 429 g/mol. The van der Waals surface area contributed by atoms with Crippen molar-refractivity contribution in [3.63, 3.8) is 0 Å². The Morgan fingerprint density at radius 1 is 0.700 bits per heavy atom. The van der Waals surface area contributed by atoms with E-state index in [4.69, 9.17) is 23.7 Å². The Bertz CT molecular complexity index is 497. The van der Waals surface area contributed by atoms with Gasteiger partial charge in [-0.1, -0.05) is 13.3 Å². The lowest BCUT2D eigenvalue weighted by atomic mass is 10.3. The van der Waals surface area contributed by atoms with E-state index in [9.17, 15) is 0 Å². The smallest absolute Gasteiger partial charge is 0.243 e. The fraction of sp³-hybridized carbons (Fsp3) is 0.864. The van der Waals surface area contributed by atoms with E-state index in [2.05, 4.69) is 39.7 Å². The van der Waals surface area contributed by atoms with Crippen LogP contribution in [0.2, 0.25) is 0 Å². The van der Waals surface area contributed by atoms with E-state index in [1.54, 1.807) is 0 Å². The summed E-state index contributed by atoms with van der Waals surface area (Å²) in [5.74, 6) is 0. The number of aryl methyl sites for hydroxylation is 2. The summed E-state index contributed by atoms with van der Waals surface area (Å²) in [6.45, 7) is 13.5. The van der Waals surface area contributed by atoms with Gasteiger partial charge >= 0.3 is 0 Å². The van der Waals surface area contributed by atoms with Crippen LogP contribution in [0.15, 0.2) is 18.7 Å². The average Bonchev–Trinajstić information content (AvgIpc) is 3.21. The highest BCUT2D eigenvalue weighted by Crippen LogP contribution is 1.97. The van der Waals surface area contributed by atoms with Crippen LogP contribution in [0.4, 0.5) is 0 Å². The largest absolute Gasteiger partial charge is 0.378 e. The van der Waals surface area contributed by atoms with E-state index < -0.39 is 0 Å². The summed E-state index contributed by atoms with van der Waals surface area (Å²) in [6, 6.07) is 0. The molecule has 0 amide bonds. The first-order chi connectivity index (χ1) is 14.9. The molecule has 8 nitrogen and oxygen atoms in total. The summed E-state index contributed by atoms with van der Waals surface area (Å²) in [7, 11) is 0. The number of hydrogen-bond acceptors (Lipinski definition) is 6. The van der Waals surface area contributed by atoms with Crippen LogP contribution in [0.1, 0.15) is 26.2 Å². The van der Waals surface area contributed by atoms with Gasteiger partial charge in [0, 0.05) is 19.6 Å². The van der Waals surface area contributed by atoms with Crippen molar-refractivity contribution in [3.05, 3.63) is 18.7 Å². The van der Waals surface area contributed by atoms with Crippen molar-refractivity contribution in [3.8, 4) is 0 Å². The molecule has 1 aliphatic heterocycles. The molecule has 0 spiro atoms. The van der Waals surface area contributed by atoms with E-state index in [0.29, 0.717) is 66.1 Å². The molecular weight excluding hydrogens is 386 g/mol. The SMILES string of the molecule is CCCCn1cc[n+](CCCN2CCOCCOCCOCCOCCOCC2)c1. The van der Waals surface area contributed by atoms with Gasteiger partial charge in [0.2, 0.25) is 6.33 Å². The zero-order valence-corrected chi connectivity index (χ0v) is 18.8. The first-order valence-electron chi connectivity index (χ1n) is 11.5. The molecule has 30 heavy (non-hydrogen) atoms. The van der Waals surface area contributed by atoms with E-state index >= 15 is 0 Å². The van der Waals surface area contributed by atoms with E-state index in [1.165, 1.54) is 12.8 Å². The topological polar surface area (TPSA) is 58.2 Å². The minimum atomic E-state index is 0.591. The lowest BCUT2D eigenvalue weighted by molar-refractivity contribution is -0.696. The summed E-state index contributed by atoms with van der Waals surface area (Å²) < 4.78 is 32.5. The molecule has 2 heterocycles. The van der Waals surface area contributed by atoms with Crippen LogP contribution in [0.25, 0.3) is 0 Å². The molecule has 0 unspecified atom stereocenters. The number of nitrogens with zero attached hydrogens (tertiary/aromatic N) is 3. The molecule has 2 rings (SSSR count). The summed E-state index contributed by atoms with van der Waals surface area (Å²) >= 11 is 0. The zero-order chi connectivity index (χ0) is 21.1. The Balaban J connectivity index is 1.67. The van der Waals surface area contributed by atoms with Gasteiger partial charge in [-0.25, -0.2) is 9.13 Å². The Labute approximate surface area is 182 Å². The molecule has 0 bridgehead atoms. The molecular formula is C22H42N3O5+. The van der Waals surface area contributed by atoms with E-state index in [1.807, 2.05) is 0 Å². The number of rotatable bonds is 7. The molecule has 0 radical (unpaired) electrons. The van der Waals surface area contributed by atoms with E-state index in [0.717, 1.165) is 39.1 Å².